The van der Waals surface area contributed by atoms with E-state index in [1.165, 1.54) is 6.08 Å². The van der Waals surface area contributed by atoms with Gasteiger partial charge in [0, 0.05) is 0 Å². The van der Waals surface area contributed by atoms with E-state index in [9.17, 15) is 4.39 Å². The first-order valence-electron chi connectivity index (χ1n) is 2.72. The van der Waals surface area contributed by atoms with Crippen LogP contribution in [-0.2, 0) is 0 Å². The Labute approximate surface area is 55.4 Å². The Morgan fingerprint density at radius 1 is 1.33 bits per heavy atom. The number of halogens is 1. The van der Waals surface area contributed by atoms with Crippen molar-refractivity contribution in [2.75, 3.05) is 0 Å². The lowest BCUT2D eigenvalue weighted by Crippen LogP contribution is -1.73. The summed E-state index contributed by atoms with van der Waals surface area (Å²) in [4.78, 5) is 0. The van der Waals surface area contributed by atoms with Crippen molar-refractivity contribution in [3.63, 3.8) is 0 Å². The van der Waals surface area contributed by atoms with Crippen molar-refractivity contribution >= 4 is 0 Å². The van der Waals surface area contributed by atoms with Crippen LogP contribution in [-0.4, -0.2) is 0 Å². The van der Waals surface area contributed by atoms with Crippen LogP contribution >= 0.6 is 0 Å². The summed E-state index contributed by atoms with van der Waals surface area (Å²) in [6.07, 6.45) is 1.36. The molecule has 50 valence electrons. The SMILES string of the molecule is C=C(C)/C=C(/F)C(=C)C. The lowest BCUT2D eigenvalue weighted by molar-refractivity contribution is 0.651. The maximum absolute atomic E-state index is 12.5. The van der Waals surface area contributed by atoms with E-state index in [0.29, 0.717) is 11.1 Å². The summed E-state index contributed by atoms with van der Waals surface area (Å²) in [6.45, 7) is 10.3. The third-order valence-electron chi connectivity index (χ3n) is 0.781. The summed E-state index contributed by atoms with van der Waals surface area (Å²) >= 11 is 0. The summed E-state index contributed by atoms with van der Waals surface area (Å²) in [6, 6.07) is 0. The second kappa shape index (κ2) is 3.23. The van der Waals surface area contributed by atoms with Gasteiger partial charge in [-0.1, -0.05) is 18.7 Å². The highest BCUT2D eigenvalue weighted by atomic mass is 19.1. The normalized spacial score (nSPS) is 11.2. The molecule has 0 aromatic heterocycles. The van der Waals surface area contributed by atoms with Gasteiger partial charge in [-0.25, -0.2) is 4.39 Å². The number of rotatable bonds is 2. The van der Waals surface area contributed by atoms with Crippen molar-refractivity contribution in [2.24, 2.45) is 0 Å². The Morgan fingerprint density at radius 2 is 1.78 bits per heavy atom. The second-order valence-corrected chi connectivity index (χ2v) is 2.12. The van der Waals surface area contributed by atoms with Gasteiger partial charge in [0.25, 0.3) is 0 Å². The fourth-order valence-corrected chi connectivity index (χ4v) is 0.340. The molecule has 0 N–H and O–H groups in total. The summed E-state index contributed by atoms with van der Waals surface area (Å²) in [5.41, 5.74) is 1.15. The Hall–Kier alpha value is -0.850. The van der Waals surface area contributed by atoms with Gasteiger partial charge in [0.05, 0.1) is 0 Å². The summed E-state index contributed by atoms with van der Waals surface area (Å²) in [5, 5.41) is 0. The lowest BCUT2D eigenvalue weighted by atomic mass is 10.2. The second-order valence-electron chi connectivity index (χ2n) is 2.12. The summed E-state index contributed by atoms with van der Waals surface area (Å²) in [5.74, 6) is -0.289. The molecule has 0 aliphatic heterocycles. The van der Waals surface area contributed by atoms with E-state index in [4.69, 9.17) is 0 Å². The number of allylic oxidation sites excluding steroid dienone is 4. The van der Waals surface area contributed by atoms with E-state index in [-0.39, 0.29) is 5.83 Å². The van der Waals surface area contributed by atoms with Crippen molar-refractivity contribution in [1.29, 1.82) is 0 Å². The molecule has 9 heavy (non-hydrogen) atoms. The minimum atomic E-state index is -0.289. The van der Waals surface area contributed by atoms with Crippen molar-refractivity contribution in [3.05, 3.63) is 36.2 Å². The minimum Gasteiger partial charge on any atom is -0.207 e. The Balaban J connectivity index is 4.17. The van der Waals surface area contributed by atoms with Crippen LogP contribution in [0.1, 0.15) is 13.8 Å². The van der Waals surface area contributed by atoms with Crippen LogP contribution < -0.4 is 0 Å². The van der Waals surface area contributed by atoms with Gasteiger partial charge < -0.3 is 0 Å². The smallest absolute Gasteiger partial charge is 0.125 e. The zero-order valence-electron chi connectivity index (χ0n) is 5.87. The predicted octanol–water partition coefficient (Wildman–Crippen LogP) is 2.99. The summed E-state index contributed by atoms with van der Waals surface area (Å²) < 4.78 is 12.5. The molecule has 0 nitrogen and oxygen atoms in total. The van der Waals surface area contributed by atoms with Gasteiger partial charge in [-0.15, -0.1) is 0 Å². The molecule has 1 heteroatoms. The molecule has 0 aliphatic carbocycles. The van der Waals surface area contributed by atoms with Gasteiger partial charge in [0.15, 0.2) is 0 Å². The van der Waals surface area contributed by atoms with E-state index in [1.807, 2.05) is 0 Å². The van der Waals surface area contributed by atoms with E-state index in [2.05, 4.69) is 13.2 Å². The third-order valence-corrected chi connectivity index (χ3v) is 0.781. The topological polar surface area (TPSA) is 0 Å². The molecule has 0 saturated heterocycles. The van der Waals surface area contributed by atoms with Gasteiger partial charge in [-0.3, -0.25) is 0 Å². The minimum absolute atomic E-state index is 0.289. The molecule has 0 spiro atoms. The van der Waals surface area contributed by atoms with Crippen molar-refractivity contribution < 1.29 is 4.39 Å². The Kier molecular flexibility index (Phi) is 2.93. The fraction of sp³-hybridized carbons (Fsp3) is 0.250. The maximum atomic E-state index is 12.5. The van der Waals surface area contributed by atoms with Gasteiger partial charge in [-0.2, -0.15) is 0 Å². The maximum Gasteiger partial charge on any atom is 0.125 e. The highest BCUT2D eigenvalue weighted by molar-refractivity contribution is 5.26. The van der Waals surface area contributed by atoms with Crippen LogP contribution in [0.5, 0.6) is 0 Å². The predicted molar refractivity (Wildman–Crippen MR) is 38.8 cm³/mol. The highest BCUT2D eigenvalue weighted by Crippen LogP contribution is 2.09. The van der Waals surface area contributed by atoms with Crippen molar-refractivity contribution in [2.45, 2.75) is 13.8 Å². The molecule has 0 bridgehead atoms. The Morgan fingerprint density at radius 3 is 1.89 bits per heavy atom. The van der Waals surface area contributed by atoms with Crippen LogP contribution in [0.15, 0.2) is 36.2 Å². The zero-order valence-corrected chi connectivity index (χ0v) is 5.87. The molecule has 0 heterocycles. The van der Waals surface area contributed by atoms with Crippen molar-refractivity contribution in [1.82, 2.24) is 0 Å². The van der Waals surface area contributed by atoms with Gasteiger partial charge in [0.2, 0.25) is 0 Å². The number of hydrogen-bond acceptors (Lipinski definition) is 0. The molecule has 0 radical (unpaired) electrons. The van der Waals surface area contributed by atoms with Gasteiger partial charge >= 0.3 is 0 Å². The molecule has 0 unspecified atom stereocenters. The molecule has 0 aromatic rings. The van der Waals surface area contributed by atoms with Gasteiger partial charge in [-0.05, 0) is 25.5 Å². The molecular weight excluding hydrogens is 115 g/mol. The van der Waals surface area contributed by atoms with E-state index in [0.717, 1.165) is 0 Å². The Bertz CT molecular complexity index is 163. The molecule has 0 aliphatic rings. The van der Waals surface area contributed by atoms with Crippen LogP contribution in [0.2, 0.25) is 0 Å². The average Bonchev–Trinajstić information content (AvgIpc) is 1.63. The standard InChI is InChI=1S/C8H11F/c1-6(2)5-8(9)7(3)4/h5H,1,3H2,2,4H3/b8-5+. The first-order chi connectivity index (χ1) is 4.04. The molecule has 0 fully saturated rings. The van der Waals surface area contributed by atoms with Crippen LogP contribution in [0, 0.1) is 0 Å². The molecule has 0 saturated carbocycles. The molecule has 0 atom stereocenters. The van der Waals surface area contributed by atoms with Crippen LogP contribution in [0.25, 0.3) is 0 Å². The van der Waals surface area contributed by atoms with Gasteiger partial charge in [0.1, 0.15) is 5.83 Å². The number of hydrogen-bond donors (Lipinski definition) is 0. The largest absolute Gasteiger partial charge is 0.207 e. The molecule has 0 amide bonds. The van der Waals surface area contributed by atoms with Crippen LogP contribution in [0.4, 0.5) is 4.39 Å². The van der Waals surface area contributed by atoms with E-state index < -0.39 is 0 Å². The zero-order chi connectivity index (χ0) is 7.44. The highest BCUT2D eigenvalue weighted by Gasteiger charge is 1.91. The monoisotopic (exact) mass is 126 g/mol. The first kappa shape index (κ1) is 8.15. The fourth-order valence-electron chi connectivity index (χ4n) is 0.340. The molecule has 0 rings (SSSR count). The van der Waals surface area contributed by atoms with E-state index >= 15 is 0 Å². The quantitative estimate of drug-likeness (QED) is 0.499. The van der Waals surface area contributed by atoms with E-state index in [1.54, 1.807) is 13.8 Å². The lowest BCUT2D eigenvalue weighted by Gasteiger charge is -1.91. The molecule has 0 aromatic carbocycles. The molecular formula is C8H11F. The van der Waals surface area contributed by atoms with Crippen molar-refractivity contribution in [3.8, 4) is 0 Å². The first-order valence-corrected chi connectivity index (χ1v) is 2.72. The third kappa shape index (κ3) is 3.71. The summed E-state index contributed by atoms with van der Waals surface area (Å²) in [7, 11) is 0. The average molecular weight is 126 g/mol. The van der Waals surface area contributed by atoms with Crippen LogP contribution in [0.3, 0.4) is 0 Å².